The lowest BCUT2D eigenvalue weighted by atomic mass is 10.1. The quantitative estimate of drug-likeness (QED) is 0.504. The highest BCUT2D eigenvalue weighted by Crippen LogP contribution is 2.38. The SMILES string of the molecule is Cc1sc(C(=O)c2cncnc2N[C@@H]2C[C@@H](C)[C@@H](O)C2)cc1[C@H]1OCCn2cc(C(F)(F)F)nc21. The Morgan fingerprint density at radius 3 is 2.86 bits per heavy atom. The van der Waals surface area contributed by atoms with Gasteiger partial charge in [0.05, 0.1) is 23.2 Å². The molecule has 35 heavy (non-hydrogen) atoms. The third-order valence-corrected chi connectivity index (χ3v) is 7.61. The van der Waals surface area contributed by atoms with Crippen LogP contribution < -0.4 is 5.32 Å². The number of ether oxygens (including phenoxy) is 1. The highest BCUT2D eigenvalue weighted by atomic mass is 32.1. The zero-order valence-corrected chi connectivity index (χ0v) is 19.9. The van der Waals surface area contributed by atoms with Crippen molar-refractivity contribution < 1.29 is 27.8 Å². The van der Waals surface area contributed by atoms with Gasteiger partial charge in [-0.25, -0.2) is 15.0 Å². The fourth-order valence-corrected chi connectivity index (χ4v) is 5.68. The van der Waals surface area contributed by atoms with Crippen molar-refractivity contribution in [3.05, 3.63) is 57.2 Å². The molecule has 5 rings (SSSR count). The van der Waals surface area contributed by atoms with Crippen LogP contribution in [0.4, 0.5) is 19.0 Å². The number of aliphatic hydroxyl groups excluding tert-OH is 1. The third kappa shape index (κ3) is 4.57. The number of fused-ring (bicyclic) bond motifs is 1. The molecule has 8 nitrogen and oxygen atoms in total. The summed E-state index contributed by atoms with van der Waals surface area (Å²) >= 11 is 1.24. The molecule has 3 aromatic rings. The Balaban J connectivity index is 1.43. The van der Waals surface area contributed by atoms with Crippen LogP contribution in [0.15, 0.2) is 24.8 Å². The van der Waals surface area contributed by atoms with E-state index in [0.717, 1.165) is 17.5 Å². The minimum Gasteiger partial charge on any atom is -0.393 e. The molecule has 4 heterocycles. The van der Waals surface area contributed by atoms with E-state index in [-0.39, 0.29) is 36.7 Å². The highest BCUT2D eigenvalue weighted by molar-refractivity contribution is 7.14. The van der Waals surface area contributed by atoms with Crippen molar-refractivity contribution in [1.82, 2.24) is 19.5 Å². The lowest BCUT2D eigenvalue weighted by Crippen LogP contribution is -2.22. The molecule has 0 aromatic carbocycles. The maximum Gasteiger partial charge on any atom is 0.434 e. The Hall–Kier alpha value is -2.83. The number of rotatable bonds is 5. The summed E-state index contributed by atoms with van der Waals surface area (Å²) in [5, 5.41) is 13.3. The summed E-state index contributed by atoms with van der Waals surface area (Å²) < 4.78 is 46.9. The van der Waals surface area contributed by atoms with E-state index in [1.165, 1.54) is 28.4 Å². The predicted molar refractivity (Wildman–Crippen MR) is 121 cm³/mol. The first kappa shape index (κ1) is 23.9. The number of carbonyl (C=O) groups excluding carboxylic acids is 1. The normalized spacial score (nSPS) is 24.4. The number of halogens is 3. The van der Waals surface area contributed by atoms with Crippen molar-refractivity contribution in [2.45, 2.75) is 57.7 Å². The molecule has 1 aliphatic carbocycles. The van der Waals surface area contributed by atoms with Crippen LogP contribution in [0.2, 0.25) is 0 Å². The minimum atomic E-state index is -4.55. The Kier molecular flexibility index (Phi) is 6.14. The van der Waals surface area contributed by atoms with Crippen molar-refractivity contribution in [3.8, 4) is 0 Å². The van der Waals surface area contributed by atoms with E-state index in [4.69, 9.17) is 4.74 Å². The Morgan fingerprint density at radius 1 is 1.34 bits per heavy atom. The summed E-state index contributed by atoms with van der Waals surface area (Å²) in [5.74, 6) is 0.414. The van der Waals surface area contributed by atoms with Gasteiger partial charge < -0.3 is 19.7 Å². The molecule has 0 bridgehead atoms. The number of imidazole rings is 1. The van der Waals surface area contributed by atoms with Crippen LogP contribution >= 0.6 is 11.3 Å². The lowest BCUT2D eigenvalue weighted by Gasteiger charge is -2.24. The summed E-state index contributed by atoms with van der Waals surface area (Å²) in [6.45, 7) is 4.28. The largest absolute Gasteiger partial charge is 0.434 e. The van der Waals surface area contributed by atoms with E-state index in [0.29, 0.717) is 28.2 Å². The second-order valence-electron chi connectivity index (χ2n) is 9.02. The summed E-state index contributed by atoms with van der Waals surface area (Å²) in [6, 6.07) is 1.64. The number of hydrogen-bond donors (Lipinski definition) is 2. The summed E-state index contributed by atoms with van der Waals surface area (Å²) in [5.41, 5.74) is -0.0619. The molecule has 2 aliphatic rings. The molecule has 0 unspecified atom stereocenters. The standard InChI is InChI=1S/C23H24F3N5O3S/c1-11-5-13(6-16(11)32)29-21-15(8-27-10-28-21)19(33)17-7-14(12(2)35-17)20-22-30-18(23(24,25)26)9-31(22)3-4-34-20/h7-11,13,16,20,32H,3-6H2,1-2H3,(H,27,28,29)/t11-,13-,16+,20-/m1/s1. The fourth-order valence-electron chi connectivity index (χ4n) is 4.68. The van der Waals surface area contributed by atoms with E-state index in [9.17, 15) is 23.1 Å². The zero-order chi connectivity index (χ0) is 24.9. The first-order chi connectivity index (χ1) is 16.6. The first-order valence-electron chi connectivity index (χ1n) is 11.3. The predicted octanol–water partition coefficient (Wildman–Crippen LogP) is 3.98. The van der Waals surface area contributed by atoms with Gasteiger partial charge in [0.15, 0.2) is 5.69 Å². The van der Waals surface area contributed by atoms with Gasteiger partial charge >= 0.3 is 6.18 Å². The van der Waals surface area contributed by atoms with Gasteiger partial charge in [-0.15, -0.1) is 11.3 Å². The van der Waals surface area contributed by atoms with Crippen LogP contribution in [0.5, 0.6) is 0 Å². The van der Waals surface area contributed by atoms with Crippen LogP contribution in [0.1, 0.15) is 63.1 Å². The van der Waals surface area contributed by atoms with Gasteiger partial charge in [-0.2, -0.15) is 13.2 Å². The van der Waals surface area contributed by atoms with Gasteiger partial charge in [-0.1, -0.05) is 6.92 Å². The molecule has 1 saturated carbocycles. The maximum atomic E-state index is 13.4. The van der Waals surface area contributed by atoms with E-state index in [2.05, 4.69) is 20.3 Å². The summed E-state index contributed by atoms with van der Waals surface area (Å²) in [6.07, 6.45) is -0.643. The van der Waals surface area contributed by atoms with Gasteiger partial charge in [0.1, 0.15) is 24.1 Å². The molecule has 1 fully saturated rings. The van der Waals surface area contributed by atoms with E-state index in [1.807, 2.05) is 6.92 Å². The van der Waals surface area contributed by atoms with Crippen molar-refractivity contribution in [3.63, 3.8) is 0 Å². The molecule has 2 N–H and O–H groups in total. The number of aromatic nitrogens is 4. The molecule has 12 heteroatoms. The van der Waals surface area contributed by atoms with Crippen molar-refractivity contribution in [2.24, 2.45) is 5.92 Å². The maximum absolute atomic E-state index is 13.4. The summed E-state index contributed by atoms with van der Waals surface area (Å²) in [4.78, 5) is 26.6. The van der Waals surface area contributed by atoms with E-state index < -0.39 is 24.1 Å². The molecular weight excluding hydrogens is 483 g/mol. The van der Waals surface area contributed by atoms with Crippen molar-refractivity contribution in [2.75, 3.05) is 11.9 Å². The fraction of sp³-hybridized carbons (Fsp3) is 0.478. The number of carbonyl (C=O) groups is 1. The number of aliphatic hydroxyl groups is 1. The molecule has 0 saturated heterocycles. The Labute approximate surface area is 203 Å². The minimum absolute atomic E-state index is 0.0144. The molecule has 0 spiro atoms. The average Bonchev–Trinajstić information content (AvgIpc) is 3.50. The lowest BCUT2D eigenvalue weighted by molar-refractivity contribution is -0.141. The molecule has 0 amide bonds. The Morgan fingerprint density at radius 2 is 2.14 bits per heavy atom. The second kappa shape index (κ2) is 8.99. The number of thiophene rings is 1. The smallest absolute Gasteiger partial charge is 0.393 e. The molecule has 1 aliphatic heterocycles. The van der Waals surface area contributed by atoms with Crippen molar-refractivity contribution in [1.29, 1.82) is 0 Å². The van der Waals surface area contributed by atoms with E-state index >= 15 is 0 Å². The van der Waals surface area contributed by atoms with Crippen LogP contribution in [-0.2, 0) is 17.5 Å². The van der Waals surface area contributed by atoms with Gasteiger partial charge in [-0.05, 0) is 31.7 Å². The molecule has 186 valence electrons. The van der Waals surface area contributed by atoms with Crippen LogP contribution in [0.25, 0.3) is 0 Å². The number of hydrogen-bond acceptors (Lipinski definition) is 8. The number of nitrogens with zero attached hydrogens (tertiary/aromatic N) is 4. The van der Waals surface area contributed by atoms with Gasteiger partial charge in [0.2, 0.25) is 5.78 Å². The zero-order valence-electron chi connectivity index (χ0n) is 19.0. The number of aryl methyl sites for hydroxylation is 1. The van der Waals surface area contributed by atoms with Crippen LogP contribution in [-0.4, -0.2) is 49.2 Å². The average molecular weight is 508 g/mol. The van der Waals surface area contributed by atoms with Crippen LogP contribution in [0, 0.1) is 12.8 Å². The molecule has 0 radical (unpaired) electrons. The first-order valence-corrected chi connectivity index (χ1v) is 12.1. The second-order valence-corrected chi connectivity index (χ2v) is 10.3. The van der Waals surface area contributed by atoms with Gasteiger partial charge in [0.25, 0.3) is 0 Å². The van der Waals surface area contributed by atoms with Gasteiger partial charge in [0, 0.05) is 35.4 Å². The molecular formula is C23H24F3N5O3S. The molecule has 4 atom stereocenters. The number of anilines is 1. The van der Waals surface area contributed by atoms with Crippen molar-refractivity contribution >= 4 is 22.9 Å². The summed E-state index contributed by atoms with van der Waals surface area (Å²) in [7, 11) is 0. The highest BCUT2D eigenvalue weighted by Gasteiger charge is 2.38. The topological polar surface area (TPSA) is 102 Å². The third-order valence-electron chi connectivity index (χ3n) is 6.55. The van der Waals surface area contributed by atoms with Gasteiger partial charge in [-0.3, -0.25) is 4.79 Å². The Bertz CT molecular complexity index is 1250. The van der Waals surface area contributed by atoms with E-state index in [1.54, 1.807) is 13.0 Å². The number of ketones is 1. The number of nitrogens with one attached hydrogen (secondary N) is 1. The molecule has 3 aromatic heterocycles. The number of alkyl halides is 3. The van der Waals surface area contributed by atoms with Crippen LogP contribution in [0.3, 0.4) is 0 Å². The monoisotopic (exact) mass is 507 g/mol.